The number of benzene rings is 2. The first-order valence-corrected chi connectivity index (χ1v) is 12.6. The molecule has 1 heterocycles. The predicted octanol–water partition coefficient (Wildman–Crippen LogP) is 3.27. The first kappa shape index (κ1) is 50.9. The second-order valence-corrected chi connectivity index (χ2v) is 5.80. The summed E-state index contributed by atoms with van der Waals surface area (Å²) < 4.78 is 22.6. The Balaban J connectivity index is -0.0000000908. The topological polar surface area (TPSA) is 181 Å². The highest BCUT2D eigenvalue weighted by Gasteiger charge is 1.94. The number of carbonyl (C=O) groups is 2. The van der Waals surface area contributed by atoms with Gasteiger partial charge < -0.3 is 49.6 Å². The minimum absolute atomic E-state index is 0.115. The number of carbonyl (C=O) groups excluding carboxylic acids is 2. The van der Waals surface area contributed by atoms with Gasteiger partial charge in [0.15, 0.2) is 0 Å². The maximum Gasteiger partial charge on any atom is 0.406 e. The van der Waals surface area contributed by atoms with E-state index in [0.717, 1.165) is 38.9 Å². The number of para-hydroxylation sites is 2. The lowest BCUT2D eigenvalue weighted by atomic mass is 10.3. The van der Waals surface area contributed by atoms with E-state index in [1.54, 1.807) is 14.2 Å². The number of aliphatic imine (C=N–C) groups is 1. The van der Waals surface area contributed by atoms with Gasteiger partial charge in [-0.1, -0.05) is 50.2 Å². The van der Waals surface area contributed by atoms with E-state index in [2.05, 4.69) is 36.6 Å². The molecule has 0 aromatic heterocycles. The number of ether oxygens (including phenoxy) is 5. The molecule has 13 nitrogen and oxygen atoms in total. The van der Waals surface area contributed by atoms with E-state index in [1.807, 2.05) is 74.5 Å². The molecule has 0 spiro atoms. The maximum absolute atomic E-state index is 9.85. The molecule has 3 rings (SSSR count). The summed E-state index contributed by atoms with van der Waals surface area (Å²) in [6.45, 7) is 9.71. The first-order valence-electron chi connectivity index (χ1n) is 12.6. The molecule has 13 heteroatoms. The molecule has 1 aliphatic heterocycles. The number of rotatable bonds is 4. The van der Waals surface area contributed by atoms with Gasteiger partial charge in [0.2, 0.25) is 0 Å². The highest BCUT2D eigenvalue weighted by atomic mass is 16.6. The lowest BCUT2D eigenvalue weighted by Crippen LogP contribution is -2.16. The van der Waals surface area contributed by atoms with Crippen molar-refractivity contribution in [3.63, 3.8) is 0 Å². The molecule has 1 saturated heterocycles. The third-order valence-corrected chi connectivity index (χ3v) is 3.20. The number of amides is 2. The number of aliphatic hydroxyl groups is 3. The fourth-order valence-corrected chi connectivity index (χ4v) is 1.39. The highest BCUT2D eigenvalue weighted by molar-refractivity contribution is 5.66. The summed E-state index contributed by atoms with van der Waals surface area (Å²) in [5.41, 5.74) is 0. The van der Waals surface area contributed by atoms with Crippen molar-refractivity contribution >= 4 is 18.9 Å². The molecule has 0 radical (unpaired) electrons. The number of aliphatic hydroxyl groups excluding tert-OH is 3. The van der Waals surface area contributed by atoms with Crippen molar-refractivity contribution in [3.05, 3.63) is 60.7 Å². The van der Waals surface area contributed by atoms with E-state index in [-0.39, 0.29) is 6.61 Å². The van der Waals surface area contributed by atoms with Crippen molar-refractivity contribution in [2.45, 2.75) is 13.8 Å². The van der Waals surface area contributed by atoms with E-state index in [9.17, 15) is 9.59 Å². The van der Waals surface area contributed by atoms with Crippen molar-refractivity contribution in [3.8, 4) is 11.5 Å². The fraction of sp³-hybridized carbons (Fsp3) is 0.483. The highest BCUT2D eigenvalue weighted by Crippen LogP contribution is 2.06. The standard InChI is InChI=1S/2C7H8O.2C3H7NO2.C3H7NO.C2H4O.C2H6.2CH4O/c2*1-8-7-5-3-2-4-6-7;2*1-4-3(5)6-2;1-4-2-3-5;1-2-3-1;3*1-2/h2*2-6H,1H3;2*1-2H3,(H,4,5);5H,1-3H2;1-2H2;1-2H3;2*2H,1H3. The Kier molecular flexibility index (Phi) is 64.6. The predicted molar refractivity (Wildman–Crippen MR) is 169 cm³/mol. The molecule has 0 atom stereocenters. The number of nitrogens with zero attached hydrogens (tertiary/aromatic N) is 1. The summed E-state index contributed by atoms with van der Waals surface area (Å²) in [4.78, 5) is 23.0. The van der Waals surface area contributed by atoms with Gasteiger partial charge in [0, 0.05) is 28.3 Å². The van der Waals surface area contributed by atoms with Crippen LogP contribution in [0.2, 0.25) is 0 Å². The van der Waals surface area contributed by atoms with Gasteiger partial charge in [0.25, 0.3) is 0 Å². The molecule has 2 amide bonds. The average Bonchev–Trinajstić information content (AvgIpc) is 3.99. The lowest BCUT2D eigenvalue weighted by molar-refractivity contribution is 0.172. The van der Waals surface area contributed by atoms with Gasteiger partial charge in [0.1, 0.15) is 11.5 Å². The van der Waals surface area contributed by atoms with E-state index in [0.29, 0.717) is 6.54 Å². The van der Waals surface area contributed by atoms with Crippen molar-refractivity contribution in [1.29, 1.82) is 0 Å². The smallest absolute Gasteiger partial charge is 0.406 e. The van der Waals surface area contributed by atoms with Crippen LogP contribution < -0.4 is 20.1 Å². The summed E-state index contributed by atoms with van der Waals surface area (Å²) in [5.74, 6) is 1.82. The van der Waals surface area contributed by atoms with Crippen molar-refractivity contribution in [2.24, 2.45) is 4.99 Å². The van der Waals surface area contributed by atoms with Gasteiger partial charge >= 0.3 is 12.2 Å². The minimum atomic E-state index is -0.407. The Hall–Kier alpha value is -3.91. The van der Waals surface area contributed by atoms with Crippen molar-refractivity contribution < 1.29 is 48.6 Å². The van der Waals surface area contributed by atoms with Gasteiger partial charge in [-0.15, -0.1) is 0 Å². The minimum Gasteiger partial charge on any atom is -0.497 e. The Morgan fingerprint density at radius 1 is 0.762 bits per heavy atom. The Morgan fingerprint density at radius 2 is 1.05 bits per heavy atom. The van der Waals surface area contributed by atoms with Crippen LogP contribution in [0, 0.1) is 0 Å². The van der Waals surface area contributed by atoms with E-state index in [1.165, 1.54) is 28.3 Å². The van der Waals surface area contributed by atoms with Gasteiger partial charge in [0.05, 0.1) is 54.8 Å². The van der Waals surface area contributed by atoms with Crippen LogP contribution in [-0.4, -0.2) is 117 Å². The number of epoxide rings is 1. The molecule has 1 aliphatic rings. The summed E-state index contributed by atoms with van der Waals surface area (Å²) in [6.07, 6.45) is -0.815. The van der Waals surface area contributed by atoms with Crippen molar-refractivity contribution in [2.75, 3.05) is 83.1 Å². The van der Waals surface area contributed by atoms with Crippen molar-refractivity contribution in [1.82, 2.24) is 10.6 Å². The SMILES string of the molecule is C1CO1.C=NCCO.CC.CNC(=O)OC.CNC(=O)OC.CO.CO.COc1ccccc1.COc1ccccc1. The summed E-state index contributed by atoms with van der Waals surface area (Å²) in [7, 11) is 11.0. The van der Waals surface area contributed by atoms with Crippen LogP contribution in [0.5, 0.6) is 11.5 Å². The normalized spacial score (nSPS) is 8.31. The van der Waals surface area contributed by atoms with E-state index in [4.69, 9.17) is 24.8 Å². The molecule has 0 saturated carbocycles. The molecule has 42 heavy (non-hydrogen) atoms. The van der Waals surface area contributed by atoms with Gasteiger partial charge in [-0.3, -0.25) is 4.99 Å². The molecule has 0 aliphatic carbocycles. The van der Waals surface area contributed by atoms with Crippen LogP contribution in [-0.2, 0) is 14.2 Å². The lowest BCUT2D eigenvalue weighted by Gasteiger charge is -1.93. The number of nitrogens with one attached hydrogen (secondary N) is 2. The Labute approximate surface area is 252 Å². The largest absolute Gasteiger partial charge is 0.497 e. The fourth-order valence-electron chi connectivity index (χ4n) is 1.39. The summed E-state index contributed by atoms with van der Waals surface area (Å²) in [5, 5.41) is 26.4. The van der Waals surface area contributed by atoms with Gasteiger partial charge in [-0.25, -0.2) is 9.59 Å². The molecule has 0 bridgehead atoms. The van der Waals surface area contributed by atoms with Crippen LogP contribution >= 0.6 is 0 Å². The number of alkyl carbamates (subject to hydrolysis) is 2. The van der Waals surface area contributed by atoms with Gasteiger partial charge in [-0.05, 0) is 31.0 Å². The Bertz CT molecular complexity index is 669. The van der Waals surface area contributed by atoms with E-state index < -0.39 is 12.2 Å². The summed E-state index contributed by atoms with van der Waals surface area (Å²) >= 11 is 0. The molecule has 5 N–H and O–H groups in total. The van der Waals surface area contributed by atoms with Crippen LogP contribution in [0.4, 0.5) is 9.59 Å². The number of methoxy groups -OCH3 is 4. The zero-order valence-electron chi connectivity index (χ0n) is 27.0. The summed E-state index contributed by atoms with van der Waals surface area (Å²) in [6, 6.07) is 19.4. The zero-order valence-corrected chi connectivity index (χ0v) is 27.0. The van der Waals surface area contributed by atoms with Crippen LogP contribution in [0.15, 0.2) is 65.7 Å². The third-order valence-electron chi connectivity index (χ3n) is 3.20. The number of hydrogen-bond acceptors (Lipinski definition) is 11. The van der Waals surface area contributed by atoms with E-state index >= 15 is 0 Å². The molecule has 2 aromatic rings. The second kappa shape index (κ2) is 53.4. The zero-order chi connectivity index (χ0) is 33.9. The molecular formula is C29H55N3O10. The molecule has 246 valence electrons. The molecule has 2 aromatic carbocycles. The first-order chi connectivity index (χ1) is 20.4. The van der Waals surface area contributed by atoms with Crippen LogP contribution in [0.25, 0.3) is 0 Å². The molecule has 1 fully saturated rings. The van der Waals surface area contributed by atoms with Crippen LogP contribution in [0.1, 0.15) is 13.8 Å². The average molecular weight is 606 g/mol. The maximum atomic E-state index is 9.85. The van der Waals surface area contributed by atoms with Crippen LogP contribution in [0.3, 0.4) is 0 Å². The molecule has 0 unspecified atom stereocenters. The Morgan fingerprint density at radius 3 is 1.12 bits per heavy atom. The quantitative estimate of drug-likeness (QED) is 0.256. The third kappa shape index (κ3) is 60.6. The number of hydrogen-bond donors (Lipinski definition) is 5. The molecular weight excluding hydrogens is 550 g/mol. The van der Waals surface area contributed by atoms with Gasteiger partial charge in [-0.2, -0.15) is 0 Å². The second-order valence-electron chi connectivity index (χ2n) is 5.80. The monoisotopic (exact) mass is 605 g/mol.